The van der Waals surface area contributed by atoms with Gasteiger partial charge in [0, 0.05) is 41.8 Å². The number of hydrogen-bond acceptors (Lipinski definition) is 4. The highest BCUT2D eigenvalue weighted by molar-refractivity contribution is 5.93. The second-order valence-corrected chi connectivity index (χ2v) is 8.35. The van der Waals surface area contributed by atoms with Gasteiger partial charge in [-0.05, 0) is 62.8 Å². The highest BCUT2D eigenvalue weighted by Gasteiger charge is 2.31. The number of alkyl halides is 3. The summed E-state index contributed by atoms with van der Waals surface area (Å²) in [6.07, 6.45) is -1.71. The first-order valence-electron chi connectivity index (χ1n) is 10.2. The van der Waals surface area contributed by atoms with Gasteiger partial charge in [0.1, 0.15) is 5.75 Å². The van der Waals surface area contributed by atoms with Crippen molar-refractivity contribution in [3.8, 4) is 11.6 Å². The molecule has 31 heavy (non-hydrogen) atoms. The molecule has 1 atom stereocenters. The van der Waals surface area contributed by atoms with Crippen LogP contribution in [0.25, 0.3) is 10.8 Å². The Bertz CT molecular complexity index is 1070. The predicted octanol–water partition coefficient (Wildman–Crippen LogP) is 4.74. The summed E-state index contributed by atoms with van der Waals surface area (Å²) >= 11 is 0. The van der Waals surface area contributed by atoms with Crippen molar-refractivity contribution in [3.05, 3.63) is 53.7 Å². The van der Waals surface area contributed by atoms with Crippen molar-refractivity contribution in [3.63, 3.8) is 0 Å². The van der Waals surface area contributed by atoms with Crippen LogP contribution in [-0.2, 0) is 6.54 Å². The van der Waals surface area contributed by atoms with Crippen LogP contribution in [0.2, 0.25) is 0 Å². The van der Waals surface area contributed by atoms with Gasteiger partial charge in [-0.1, -0.05) is 12.1 Å². The topological polar surface area (TPSA) is 40.9 Å². The summed E-state index contributed by atoms with van der Waals surface area (Å²) < 4.78 is 42.6. The van der Waals surface area contributed by atoms with Crippen molar-refractivity contribution >= 4 is 16.5 Å². The van der Waals surface area contributed by atoms with Crippen LogP contribution in [0, 0.1) is 6.92 Å². The van der Waals surface area contributed by atoms with E-state index < -0.39 is 6.36 Å². The maximum absolute atomic E-state index is 12.3. The molecular formula is C23H26F3N3O2. The van der Waals surface area contributed by atoms with Gasteiger partial charge < -0.3 is 24.2 Å². The minimum absolute atomic E-state index is 0.155. The SMILES string of the molecule is Cc1cc(N2CC[C@H](N(C)C)C2)cc2cn(Cc3ccc(OC(F)(F)F)cc3)c(O)c12. The highest BCUT2D eigenvalue weighted by Crippen LogP contribution is 2.35. The van der Waals surface area contributed by atoms with Gasteiger partial charge >= 0.3 is 6.36 Å². The molecule has 1 aliphatic rings. The third kappa shape index (κ3) is 4.58. The second kappa shape index (κ2) is 8.00. The summed E-state index contributed by atoms with van der Waals surface area (Å²) in [7, 11) is 4.20. The third-order valence-corrected chi connectivity index (χ3v) is 5.91. The molecule has 0 aliphatic carbocycles. The van der Waals surface area contributed by atoms with Gasteiger partial charge in [-0.2, -0.15) is 0 Å². The molecule has 5 nitrogen and oxygen atoms in total. The molecule has 0 bridgehead atoms. The number of hydrogen-bond donors (Lipinski definition) is 1. The van der Waals surface area contributed by atoms with Gasteiger partial charge in [-0.15, -0.1) is 13.2 Å². The normalized spacial score (nSPS) is 17.1. The number of anilines is 1. The fourth-order valence-corrected chi connectivity index (χ4v) is 4.27. The summed E-state index contributed by atoms with van der Waals surface area (Å²) in [6.45, 7) is 4.29. The van der Waals surface area contributed by atoms with E-state index in [-0.39, 0.29) is 11.6 Å². The second-order valence-electron chi connectivity index (χ2n) is 8.35. The van der Waals surface area contributed by atoms with Crippen molar-refractivity contribution in [1.82, 2.24) is 9.47 Å². The number of likely N-dealkylation sites (N-methyl/N-ethyl adjacent to an activating group) is 1. The van der Waals surface area contributed by atoms with Crippen molar-refractivity contribution in [2.45, 2.75) is 32.3 Å². The van der Waals surface area contributed by atoms with E-state index in [0.717, 1.165) is 47.1 Å². The molecule has 0 spiro atoms. The average Bonchev–Trinajstić information content (AvgIpc) is 3.28. The van der Waals surface area contributed by atoms with E-state index in [9.17, 15) is 18.3 Å². The lowest BCUT2D eigenvalue weighted by molar-refractivity contribution is -0.274. The van der Waals surface area contributed by atoms with Gasteiger partial charge in [0.25, 0.3) is 0 Å². The molecule has 4 rings (SSSR count). The zero-order valence-electron chi connectivity index (χ0n) is 17.8. The number of aryl methyl sites for hydroxylation is 1. The molecule has 0 radical (unpaired) electrons. The van der Waals surface area contributed by atoms with E-state index in [2.05, 4.69) is 40.8 Å². The molecule has 1 saturated heterocycles. The Morgan fingerprint density at radius 2 is 1.87 bits per heavy atom. The van der Waals surface area contributed by atoms with Crippen LogP contribution in [-0.4, -0.2) is 54.2 Å². The Balaban J connectivity index is 1.57. The maximum Gasteiger partial charge on any atom is 0.573 e. The summed E-state index contributed by atoms with van der Waals surface area (Å²) in [5.74, 6) is -0.109. The lowest BCUT2D eigenvalue weighted by atomic mass is 10.1. The number of aromatic hydroxyl groups is 1. The van der Waals surface area contributed by atoms with E-state index in [1.807, 2.05) is 13.1 Å². The van der Waals surface area contributed by atoms with Crippen molar-refractivity contribution in [2.75, 3.05) is 32.1 Å². The Morgan fingerprint density at radius 1 is 1.16 bits per heavy atom. The molecule has 2 aromatic carbocycles. The first kappa shape index (κ1) is 21.4. The molecule has 0 amide bonds. The first-order valence-corrected chi connectivity index (χ1v) is 10.2. The predicted molar refractivity (Wildman–Crippen MR) is 115 cm³/mol. The average molecular weight is 433 g/mol. The van der Waals surface area contributed by atoms with Crippen molar-refractivity contribution < 1.29 is 23.0 Å². The third-order valence-electron chi connectivity index (χ3n) is 5.91. The van der Waals surface area contributed by atoms with Crippen LogP contribution in [0.15, 0.2) is 42.6 Å². The molecule has 0 unspecified atom stereocenters. The molecule has 1 fully saturated rings. The molecule has 1 aromatic heterocycles. The Hall–Kier alpha value is -2.87. The number of nitrogens with zero attached hydrogens (tertiary/aromatic N) is 3. The van der Waals surface area contributed by atoms with E-state index in [0.29, 0.717) is 12.6 Å². The molecule has 1 aliphatic heterocycles. The van der Waals surface area contributed by atoms with Crippen molar-refractivity contribution in [2.24, 2.45) is 0 Å². The fraction of sp³-hybridized carbons (Fsp3) is 0.391. The maximum atomic E-state index is 12.3. The molecule has 8 heteroatoms. The van der Waals surface area contributed by atoms with Gasteiger partial charge in [-0.3, -0.25) is 0 Å². The first-order chi connectivity index (χ1) is 14.6. The Morgan fingerprint density at radius 3 is 2.48 bits per heavy atom. The minimum Gasteiger partial charge on any atom is -0.494 e. The number of benzene rings is 2. The van der Waals surface area contributed by atoms with E-state index in [4.69, 9.17) is 0 Å². The zero-order chi connectivity index (χ0) is 22.3. The van der Waals surface area contributed by atoms with E-state index in [1.165, 1.54) is 12.1 Å². The summed E-state index contributed by atoms with van der Waals surface area (Å²) in [4.78, 5) is 4.61. The number of fused-ring (bicyclic) bond motifs is 1. The number of ether oxygens (including phenoxy) is 1. The minimum atomic E-state index is -4.71. The largest absolute Gasteiger partial charge is 0.573 e. The van der Waals surface area contributed by atoms with Gasteiger partial charge in [0.05, 0.1) is 6.54 Å². The molecule has 1 N–H and O–H groups in total. The number of rotatable bonds is 5. The molecule has 166 valence electrons. The van der Waals surface area contributed by atoms with Gasteiger partial charge in [-0.25, -0.2) is 0 Å². The lowest BCUT2D eigenvalue weighted by Gasteiger charge is -2.22. The van der Waals surface area contributed by atoms with Crippen LogP contribution < -0.4 is 9.64 Å². The summed E-state index contributed by atoms with van der Waals surface area (Å²) in [6, 6.07) is 10.4. The Kier molecular flexibility index (Phi) is 5.51. The molecule has 0 saturated carbocycles. The monoisotopic (exact) mass is 433 g/mol. The fourth-order valence-electron chi connectivity index (χ4n) is 4.27. The highest BCUT2D eigenvalue weighted by atomic mass is 19.4. The van der Waals surface area contributed by atoms with E-state index >= 15 is 0 Å². The molecular weight excluding hydrogens is 407 g/mol. The summed E-state index contributed by atoms with van der Waals surface area (Å²) in [5, 5.41) is 12.5. The van der Waals surface area contributed by atoms with Gasteiger partial charge in [0.15, 0.2) is 5.88 Å². The Labute approximate surface area is 179 Å². The molecule has 2 heterocycles. The van der Waals surface area contributed by atoms with Crippen LogP contribution in [0.4, 0.5) is 18.9 Å². The summed E-state index contributed by atoms with van der Waals surface area (Å²) in [5.41, 5.74) is 2.89. The van der Waals surface area contributed by atoms with Crippen LogP contribution >= 0.6 is 0 Å². The van der Waals surface area contributed by atoms with Crippen LogP contribution in [0.5, 0.6) is 11.6 Å². The van der Waals surface area contributed by atoms with Crippen LogP contribution in [0.3, 0.4) is 0 Å². The smallest absolute Gasteiger partial charge is 0.494 e. The number of halogens is 3. The van der Waals surface area contributed by atoms with E-state index in [1.54, 1.807) is 16.7 Å². The van der Waals surface area contributed by atoms with Crippen LogP contribution in [0.1, 0.15) is 17.5 Å². The lowest BCUT2D eigenvalue weighted by Crippen LogP contribution is -2.31. The quantitative estimate of drug-likeness (QED) is 0.631. The van der Waals surface area contributed by atoms with Gasteiger partial charge in [0.2, 0.25) is 0 Å². The standard InChI is InChI=1S/C23H26F3N3O2/c1-15-10-19(28-9-8-18(14-28)27(2)3)11-17-13-29(22(30)21(15)17)12-16-4-6-20(7-5-16)31-23(24,25)26/h4-7,10-11,13,18,30H,8-9,12,14H2,1-3H3/t18-/m0/s1. The zero-order valence-corrected chi connectivity index (χ0v) is 17.8. The molecule has 3 aromatic rings. The number of aromatic nitrogens is 1. The van der Waals surface area contributed by atoms with Crippen molar-refractivity contribution in [1.29, 1.82) is 0 Å².